The molecule has 2 heterocycles. The zero-order chi connectivity index (χ0) is 14.4. The molecule has 0 aromatic heterocycles. The summed E-state index contributed by atoms with van der Waals surface area (Å²) in [6.45, 7) is 5.58. The molecule has 0 aromatic rings. The molecule has 2 N–H and O–H groups in total. The average molecular weight is 305 g/mol. The van der Waals surface area contributed by atoms with Gasteiger partial charge < -0.3 is 10.1 Å². The number of piperidine rings is 1. The van der Waals surface area contributed by atoms with Gasteiger partial charge in [-0.1, -0.05) is 13.3 Å². The monoisotopic (exact) mass is 305 g/mol. The highest BCUT2D eigenvalue weighted by Gasteiger charge is 2.33. The Bertz CT molecular complexity index is 382. The van der Waals surface area contributed by atoms with Gasteiger partial charge in [-0.05, 0) is 32.2 Å². The van der Waals surface area contributed by atoms with Crippen molar-refractivity contribution in [2.24, 2.45) is 0 Å². The Kier molecular flexibility index (Phi) is 6.22. The topological polar surface area (TPSA) is 70.7 Å². The summed E-state index contributed by atoms with van der Waals surface area (Å²) in [5, 5.41) is 3.27. The van der Waals surface area contributed by atoms with Crippen LogP contribution in [0.1, 0.15) is 39.0 Å². The van der Waals surface area contributed by atoms with Crippen LogP contribution in [0.5, 0.6) is 0 Å². The Morgan fingerprint density at radius 3 is 2.65 bits per heavy atom. The summed E-state index contributed by atoms with van der Waals surface area (Å²) in [6.07, 6.45) is 4.55. The molecule has 2 fully saturated rings. The fraction of sp³-hybridized carbons (Fsp3) is 1.00. The van der Waals surface area contributed by atoms with Gasteiger partial charge in [0.1, 0.15) is 0 Å². The standard InChI is InChI=1S/C13H27N3O3S/c1-2-14-11-13-5-3-4-8-16(13)20(17,18)15-12-6-9-19-10-7-12/h12-15H,2-11H2,1H3. The van der Waals surface area contributed by atoms with Crippen LogP contribution in [0, 0.1) is 0 Å². The third-order valence-corrected chi connectivity index (χ3v) is 5.78. The normalized spacial score (nSPS) is 26.8. The second kappa shape index (κ2) is 7.70. The Morgan fingerprint density at radius 2 is 1.95 bits per heavy atom. The van der Waals surface area contributed by atoms with E-state index in [2.05, 4.69) is 10.0 Å². The Hall–Kier alpha value is -0.210. The van der Waals surface area contributed by atoms with E-state index in [0.717, 1.165) is 45.2 Å². The molecule has 0 aromatic carbocycles. The van der Waals surface area contributed by atoms with Crippen LogP contribution in [-0.4, -0.2) is 57.7 Å². The van der Waals surface area contributed by atoms with Gasteiger partial charge >= 0.3 is 0 Å². The number of ether oxygens (including phenoxy) is 1. The largest absolute Gasteiger partial charge is 0.381 e. The van der Waals surface area contributed by atoms with E-state index >= 15 is 0 Å². The minimum absolute atomic E-state index is 0.0236. The molecule has 118 valence electrons. The molecule has 0 aliphatic carbocycles. The lowest BCUT2D eigenvalue weighted by atomic mass is 10.1. The van der Waals surface area contributed by atoms with E-state index in [1.54, 1.807) is 4.31 Å². The van der Waals surface area contributed by atoms with E-state index in [0.29, 0.717) is 19.8 Å². The van der Waals surface area contributed by atoms with E-state index in [4.69, 9.17) is 4.74 Å². The predicted octanol–water partition coefficient (Wildman–Crippen LogP) is 0.464. The van der Waals surface area contributed by atoms with Gasteiger partial charge in [-0.2, -0.15) is 17.4 Å². The molecule has 0 bridgehead atoms. The van der Waals surface area contributed by atoms with Crippen molar-refractivity contribution in [1.82, 2.24) is 14.3 Å². The first-order chi connectivity index (χ1) is 9.63. The van der Waals surface area contributed by atoms with E-state index < -0.39 is 10.2 Å². The summed E-state index contributed by atoms with van der Waals surface area (Å²) in [5.74, 6) is 0. The molecule has 2 saturated heterocycles. The first kappa shape index (κ1) is 16.2. The zero-order valence-electron chi connectivity index (χ0n) is 12.3. The lowest BCUT2D eigenvalue weighted by Crippen LogP contribution is -2.54. The summed E-state index contributed by atoms with van der Waals surface area (Å²) in [7, 11) is -3.37. The Balaban J connectivity index is 1.97. The molecule has 1 atom stereocenters. The molecule has 7 heteroatoms. The maximum absolute atomic E-state index is 12.6. The number of hydrogen-bond donors (Lipinski definition) is 2. The van der Waals surface area contributed by atoms with E-state index in [1.165, 1.54) is 0 Å². The molecule has 0 saturated carbocycles. The van der Waals surface area contributed by atoms with Crippen LogP contribution in [0.4, 0.5) is 0 Å². The highest BCUT2D eigenvalue weighted by Crippen LogP contribution is 2.20. The summed E-state index contributed by atoms with van der Waals surface area (Å²) in [6, 6.07) is 0.108. The summed E-state index contributed by atoms with van der Waals surface area (Å²) in [4.78, 5) is 0. The minimum atomic E-state index is -3.37. The van der Waals surface area contributed by atoms with E-state index in [1.807, 2.05) is 6.92 Å². The first-order valence-corrected chi connectivity index (χ1v) is 9.15. The smallest absolute Gasteiger partial charge is 0.279 e. The summed E-state index contributed by atoms with van der Waals surface area (Å²) in [5.41, 5.74) is 0. The molecule has 6 nitrogen and oxygen atoms in total. The van der Waals surface area contributed by atoms with Crippen LogP contribution in [0.15, 0.2) is 0 Å². The summed E-state index contributed by atoms with van der Waals surface area (Å²) < 4.78 is 34.9. The molecule has 20 heavy (non-hydrogen) atoms. The maximum atomic E-state index is 12.6. The average Bonchev–Trinajstić information content (AvgIpc) is 2.46. The second-order valence-corrected chi connectivity index (χ2v) is 7.23. The SMILES string of the molecule is CCNCC1CCCCN1S(=O)(=O)NC1CCOCC1. The highest BCUT2D eigenvalue weighted by atomic mass is 32.2. The number of nitrogens with one attached hydrogen (secondary N) is 2. The molecule has 0 spiro atoms. The van der Waals surface area contributed by atoms with Crippen molar-refractivity contribution >= 4 is 10.2 Å². The molecular weight excluding hydrogens is 278 g/mol. The quantitative estimate of drug-likeness (QED) is 0.748. The molecule has 1 unspecified atom stereocenters. The highest BCUT2D eigenvalue weighted by molar-refractivity contribution is 7.87. The van der Waals surface area contributed by atoms with Crippen LogP contribution < -0.4 is 10.0 Å². The molecule has 2 aliphatic heterocycles. The van der Waals surface area contributed by atoms with Gasteiger partial charge in [-0.3, -0.25) is 0 Å². The van der Waals surface area contributed by atoms with Gasteiger partial charge in [0.25, 0.3) is 10.2 Å². The van der Waals surface area contributed by atoms with Crippen LogP contribution in [0.3, 0.4) is 0 Å². The third kappa shape index (κ3) is 4.39. The van der Waals surface area contributed by atoms with Gasteiger partial charge in [-0.15, -0.1) is 0 Å². The van der Waals surface area contributed by atoms with Crippen molar-refractivity contribution in [2.45, 2.75) is 51.1 Å². The molecular formula is C13H27N3O3S. The fourth-order valence-electron chi connectivity index (χ4n) is 2.90. The van der Waals surface area contributed by atoms with Gasteiger partial charge in [-0.25, -0.2) is 0 Å². The van der Waals surface area contributed by atoms with Crippen LogP contribution >= 0.6 is 0 Å². The van der Waals surface area contributed by atoms with Gasteiger partial charge in [0, 0.05) is 38.4 Å². The minimum Gasteiger partial charge on any atom is -0.381 e. The van der Waals surface area contributed by atoms with Crippen molar-refractivity contribution in [3.63, 3.8) is 0 Å². The summed E-state index contributed by atoms with van der Waals surface area (Å²) >= 11 is 0. The number of hydrogen-bond acceptors (Lipinski definition) is 4. The maximum Gasteiger partial charge on any atom is 0.279 e. The predicted molar refractivity (Wildman–Crippen MR) is 78.8 cm³/mol. The van der Waals surface area contributed by atoms with Gasteiger partial charge in [0.05, 0.1) is 0 Å². The zero-order valence-corrected chi connectivity index (χ0v) is 13.1. The second-order valence-electron chi connectivity index (χ2n) is 5.58. The van der Waals surface area contributed by atoms with Gasteiger partial charge in [0.2, 0.25) is 0 Å². The van der Waals surface area contributed by atoms with Crippen LogP contribution in [0.25, 0.3) is 0 Å². The molecule has 2 rings (SSSR count). The van der Waals surface area contributed by atoms with Crippen molar-refractivity contribution in [1.29, 1.82) is 0 Å². The lowest BCUT2D eigenvalue weighted by molar-refractivity contribution is 0.0824. The number of nitrogens with zero attached hydrogens (tertiary/aromatic N) is 1. The van der Waals surface area contributed by atoms with Crippen molar-refractivity contribution in [3.8, 4) is 0 Å². The fourth-order valence-corrected chi connectivity index (χ4v) is 4.63. The van der Waals surface area contributed by atoms with Gasteiger partial charge in [0.15, 0.2) is 0 Å². The Morgan fingerprint density at radius 1 is 1.20 bits per heavy atom. The van der Waals surface area contributed by atoms with Crippen LogP contribution in [0.2, 0.25) is 0 Å². The number of rotatable bonds is 6. The van der Waals surface area contributed by atoms with E-state index in [-0.39, 0.29) is 12.1 Å². The third-order valence-electron chi connectivity index (χ3n) is 4.05. The molecule has 0 radical (unpaired) electrons. The number of likely N-dealkylation sites (N-methyl/N-ethyl adjacent to an activating group) is 1. The lowest BCUT2D eigenvalue weighted by Gasteiger charge is -2.36. The first-order valence-electron chi connectivity index (χ1n) is 7.71. The van der Waals surface area contributed by atoms with Crippen LogP contribution in [-0.2, 0) is 14.9 Å². The molecule has 2 aliphatic rings. The van der Waals surface area contributed by atoms with Crippen molar-refractivity contribution in [2.75, 3.05) is 32.8 Å². The van der Waals surface area contributed by atoms with E-state index in [9.17, 15) is 8.42 Å². The van der Waals surface area contributed by atoms with Crippen molar-refractivity contribution < 1.29 is 13.2 Å². The van der Waals surface area contributed by atoms with Crippen molar-refractivity contribution in [3.05, 3.63) is 0 Å². The molecule has 0 amide bonds. The Labute approximate surface area is 122 Å².